The van der Waals surface area contributed by atoms with Crippen LogP contribution >= 0.6 is 11.6 Å². The van der Waals surface area contributed by atoms with E-state index >= 15 is 0 Å². The molecular formula is C21H19ClFNO4. The molecule has 146 valence electrons. The number of alkyl halides is 1. The highest BCUT2D eigenvalue weighted by Gasteiger charge is 2.38. The van der Waals surface area contributed by atoms with Crippen molar-refractivity contribution in [1.82, 2.24) is 0 Å². The van der Waals surface area contributed by atoms with Crippen molar-refractivity contribution in [2.45, 2.75) is 18.9 Å². The Bertz CT molecular complexity index is 856. The van der Waals surface area contributed by atoms with E-state index in [1.807, 2.05) is 18.2 Å². The highest BCUT2D eigenvalue weighted by atomic mass is 35.5. The van der Waals surface area contributed by atoms with Gasteiger partial charge in [-0.2, -0.15) is 0 Å². The van der Waals surface area contributed by atoms with Gasteiger partial charge in [0, 0.05) is 36.5 Å². The SMILES string of the molecule is O=C(OC(CCCl)C(=O)c1ccc(F)cc1)C1CC(=O)N(c2ccccc2)C1. The lowest BCUT2D eigenvalue weighted by atomic mass is 10.0. The summed E-state index contributed by atoms with van der Waals surface area (Å²) in [6.45, 7) is 0.194. The van der Waals surface area contributed by atoms with Crippen LogP contribution in [0.15, 0.2) is 54.6 Å². The summed E-state index contributed by atoms with van der Waals surface area (Å²) in [7, 11) is 0. The van der Waals surface area contributed by atoms with Crippen molar-refractivity contribution in [2.24, 2.45) is 5.92 Å². The van der Waals surface area contributed by atoms with Gasteiger partial charge in [0.15, 0.2) is 6.10 Å². The Morgan fingerprint density at radius 2 is 1.82 bits per heavy atom. The first-order valence-electron chi connectivity index (χ1n) is 8.91. The van der Waals surface area contributed by atoms with E-state index in [0.717, 1.165) is 0 Å². The summed E-state index contributed by atoms with van der Waals surface area (Å²) in [4.78, 5) is 39.0. The molecule has 0 spiro atoms. The third-order valence-corrected chi connectivity index (χ3v) is 4.80. The van der Waals surface area contributed by atoms with Gasteiger partial charge in [-0.25, -0.2) is 4.39 Å². The highest BCUT2D eigenvalue weighted by Crippen LogP contribution is 2.26. The largest absolute Gasteiger partial charge is 0.454 e. The number of nitrogens with zero attached hydrogens (tertiary/aromatic N) is 1. The summed E-state index contributed by atoms with van der Waals surface area (Å²) in [5.74, 6) is -2.24. The van der Waals surface area contributed by atoms with Crippen molar-refractivity contribution in [3.05, 3.63) is 66.0 Å². The number of para-hydroxylation sites is 1. The van der Waals surface area contributed by atoms with Crippen LogP contribution in [-0.2, 0) is 14.3 Å². The van der Waals surface area contributed by atoms with Gasteiger partial charge in [-0.15, -0.1) is 11.6 Å². The molecule has 0 N–H and O–H groups in total. The lowest BCUT2D eigenvalue weighted by Gasteiger charge is -2.19. The monoisotopic (exact) mass is 403 g/mol. The van der Waals surface area contributed by atoms with E-state index in [1.165, 1.54) is 29.2 Å². The average molecular weight is 404 g/mol. The molecule has 1 saturated heterocycles. The quantitative estimate of drug-likeness (QED) is 0.402. The molecule has 2 aromatic carbocycles. The predicted octanol–water partition coefficient (Wildman–Crippen LogP) is 3.60. The first-order chi connectivity index (χ1) is 13.5. The van der Waals surface area contributed by atoms with Crippen LogP contribution in [0.2, 0.25) is 0 Å². The second-order valence-corrected chi connectivity index (χ2v) is 6.89. The van der Waals surface area contributed by atoms with Crippen molar-refractivity contribution in [3.63, 3.8) is 0 Å². The van der Waals surface area contributed by atoms with Gasteiger partial charge in [-0.3, -0.25) is 14.4 Å². The second-order valence-electron chi connectivity index (χ2n) is 6.52. The number of amides is 1. The summed E-state index contributed by atoms with van der Waals surface area (Å²) < 4.78 is 18.5. The number of esters is 1. The maximum Gasteiger partial charge on any atom is 0.312 e. The van der Waals surface area contributed by atoms with Gasteiger partial charge in [0.2, 0.25) is 11.7 Å². The van der Waals surface area contributed by atoms with Gasteiger partial charge in [0.25, 0.3) is 0 Å². The second kappa shape index (κ2) is 8.97. The number of Topliss-reactive ketones (excluding diaryl/α,β-unsaturated/α-hetero) is 1. The van der Waals surface area contributed by atoms with Crippen molar-refractivity contribution in [2.75, 3.05) is 17.3 Å². The summed E-state index contributed by atoms with van der Waals surface area (Å²) in [6, 6.07) is 14.1. The molecule has 2 unspecified atom stereocenters. The minimum atomic E-state index is -1.07. The van der Waals surface area contributed by atoms with Crippen molar-refractivity contribution in [1.29, 1.82) is 0 Å². The third-order valence-electron chi connectivity index (χ3n) is 4.58. The molecule has 1 heterocycles. The fraction of sp³-hybridized carbons (Fsp3) is 0.286. The normalized spacial score (nSPS) is 17.4. The van der Waals surface area contributed by atoms with Crippen LogP contribution in [0.3, 0.4) is 0 Å². The first-order valence-corrected chi connectivity index (χ1v) is 9.44. The zero-order valence-corrected chi connectivity index (χ0v) is 15.8. The number of halogens is 2. The van der Waals surface area contributed by atoms with E-state index in [2.05, 4.69) is 0 Å². The molecule has 0 bridgehead atoms. The molecule has 0 saturated carbocycles. The van der Waals surface area contributed by atoms with Crippen LogP contribution in [0.4, 0.5) is 10.1 Å². The zero-order valence-electron chi connectivity index (χ0n) is 15.0. The number of carbonyl (C=O) groups excluding carboxylic acids is 3. The van der Waals surface area contributed by atoms with E-state index in [4.69, 9.17) is 16.3 Å². The number of carbonyl (C=O) groups is 3. The molecule has 0 radical (unpaired) electrons. The van der Waals surface area contributed by atoms with Gasteiger partial charge >= 0.3 is 5.97 Å². The average Bonchev–Trinajstić information content (AvgIpc) is 3.10. The topological polar surface area (TPSA) is 63.7 Å². The van der Waals surface area contributed by atoms with Crippen molar-refractivity contribution >= 4 is 34.9 Å². The van der Waals surface area contributed by atoms with Gasteiger partial charge in [-0.05, 0) is 36.4 Å². The zero-order chi connectivity index (χ0) is 20.1. The molecule has 1 amide bonds. The molecule has 1 aliphatic heterocycles. The van der Waals surface area contributed by atoms with Crippen LogP contribution in [0.5, 0.6) is 0 Å². The van der Waals surface area contributed by atoms with E-state index in [1.54, 1.807) is 12.1 Å². The van der Waals surface area contributed by atoms with Crippen LogP contribution < -0.4 is 4.90 Å². The van der Waals surface area contributed by atoms with Crippen molar-refractivity contribution in [3.8, 4) is 0 Å². The lowest BCUT2D eigenvalue weighted by Crippen LogP contribution is -2.32. The Kier molecular flexibility index (Phi) is 6.41. The molecule has 0 aliphatic carbocycles. The maximum atomic E-state index is 13.1. The first kappa shape index (κ1) is 20.0. The molecule has 2 atom stereocenters. The minimum Gasteiger partial charge on any atom is -0.454 e. The molecule has 2 aromatic rings. The van der Waals surface area contributed by atoms with Gasteiger partial charge in [0.05, 0.1) is 5.92 Å². The molecular weight excluding hydrogens is 385 g/mol. The summed E-state index contributed by atoms with van der Waals surface area (Å²) in [6.07, 6.45) is -0.921. The molecule has 1 fully saturated rings. The Morgan fingerprint density at radius 3 is 2.46 bits per heavy atom. The smallest absolute Gasteiger partial charge is 0.312 e. The standard InChI is InChI=1S/C21H19ClFNO4/c22-11-10-18(20(26)14-6-8-16(23)9-7-14)28-21(27)15-12-19(25)24(13-15)17-4-2-1-3-5-17/h1-9,15,18H,10-13H2. The molecule has 3 rings (SSSR count). The Balaban J connectivity index is 1.68. The van der Waals surface area contributed by atoms with E-state index in [9.17, 15) is 18.8 Å². The summed E-state index contributed by atoms with van der Waals surface area (Å²) in [5.41, 5.74) is 0.945. The van der Waals surface area contributed by atoms with Crippen LogP contribution in [0, 0.1) is 11.7 Å². The van der Waals surface area contributed by atoms with Crippen molar-refractivity contribution < 1.29 is 23.5 Å². The van der Waals surface area contributed by atoms with E-state index in [0.29, 0.717) is 5.69 Å². The van der Waals surface area contributed by atoms with E-state index < -0.39 is 29.6 Å². The fourth-order valence-corrected chi connectivity index (χ4v) is 3.30. The van der Waals surface area contributed by atoms with Crippen LogP contribution in [0.1, 0.15) is 23.2 Å². The third kappa shape index (κ3) is 4.57. The Hall–Kier alpha value is -2.73. The summed E-state index contributed by atoms with van der Waals surface area (Å²) in [5, 5.41) is 0. The maximum absolute atomic E-state index is 13.1. The molecule has 28 heavy (non-hydrogen) atoms. The number of rotatable bonds is 7. The molecule has 1 aliphatic rings. The highest BCUT2D eigenvalue weighted by molar-refractivity contribution is 6.18. The number of anilines is 1. The molecule has 7 heteroatoms. The molecule has 5 nitrogen and oxygen atoms in total. The van der Waals surface area contributed by atoms with Crippen LogP contribution in [-0.4, -0.2) is 36.2 Å². The molecule has 0 aromatic heterocycles. The number of benzene rings is 2. The number of ketones is 1. The number of ether oxygens (including phenoxy) is 1. The Morgan fingerprint density at radius 1 is 1.14 bits per heavy atom. The van der Waals surface area contributed by atoms with Gasteiger partial charge in [-0.1, -0.05) is 18.2 Å². The van der Waals surface area contributed by atoms with Gasteiger partial charge < -0.3 is 9.64 Å². The Labute approximate surface area is 167 Å². The van der Waals surface area contributed by atoms with E-state index in [-0.39, 0.29) is 36.7 Å². The summed E-state index contributed by atoms with van der Waals surface area (Å²) >= 11 is 5.76. The number of hydrogen-bond acceptors (Lipinski definition) is 4. The van der Waals surface area contributed by atoms with Gasteiger partial charge in [0.1, 0.15) is 5.82 Å². The minimum absolute atomic E-state index is 0.0199. The fourth-order valence-electron chi connectivity index (χ4n) is 3.10. The number of hydrogen-bond donors (Lipinski definition) is 0. The lowest BCUT2D eigenvalue weighted by molar-refractivity contribution is -0.151. The van der Waals surface area contributed by atoms with Crippen LogP contribution in [0.25, 0.3) is 0 Å². The predicted molar refractivity (Wildman–Crippen MR) is 103 cm³/mol.